The molecule has 3 heteroatoms. The third kappa shape index (κ3) is 2.92. The van der Waals surface area contributed by atoms with E-state index in [-0.39, 0.29) is 6.61 Å². The highest BCUT2D eigenvalue weighted by atomic mass is 16.3. The molecule has 2 aliphatic rings. The molecule has 0 radical (unpaired) electrons. The molecular weight excluding hydrogens is 188 g/mol. The predicted octanol–water partition coefficient (Wildman–Crippen LogP) is 0.974. The predicted molar refractivity (Wildman–Crippen MR) is 61.9 cm³/mol. The van der Waals surface area contributed by atoms with E-state index in [0.29, 0.717) is 12.1 Å². The minimum absolute atomic E-state index is 0.260. The molecule has 2 rings (SSSR count). The van der Waals surface area contributed by atoms with Crippen molar-refractivity contribution in [1.82, 2.24) is 10.2 Å². The van der Waals surface area contributed by atoms with Crippen molar-refractivity contribution in [3.05, 3.63) is 0 Å². The van der Waals surface area contributed by atoms with Crippen LogP contribution < -0.4 is 5.32 Å². The van der Waals surface area contributed by atoms with Crippen LogP contribution in [-0.2, 0) is 0 Å². The molecular formula is C12H24N2O. The highest BCUT2D eigenvalue weighted by Gasteiger charge is 2.35. The van der Waals surface area contributed by atoms with Crippen LogP contribution in [0.4, 0.5) is 0 Å². The molecule has 0 heterocycles. The van der Waals surface area contributed by atoms with Gasteiger partial charge >= 0.3 is 0 Å². The Labute approximate surface area is 92.8 Å². The number of rotatable bonds is 5. The number of likely N-dealkylation sites (N-methyl/N-ethyl adjacent to an activating group) is 1. The van der Waals surface area contributed by atoms with E-state index in [4.69, 9.17) is 5.11 Å². The molecule has 2 saturated carbocycles. The second kappa shape index (κ2) is 5.28. The molecule has 2 aliphatic carbocycles. The van der Waals surface area contributed by atoms with Gasteiger partial charge < -0.3 is 10.4 Å². The maximum absolute atomic E-state index is 8.87. The molecule has 0 aromatic rings. The van der Waals surface area contributed by atoms with Crippen molar-refractivity contribution in [2.24, 2.45) is 0 Å². The zero-order valence-corrected chi connectivity index (χ0v) is 9.78. The quantitative estimate of drug-likeness (QED) is 0.713. The maximum Gasteiger partial charge on any atom is 0.0556 e. The summed E-state index contributed by atoms with van der Waals surface area (Å²) in [6.45, 7) is 1.01. The van der Waals surface area contributed by atoms with Gasteiger partial charge in [-0.15, -0.1) is 0 Å². The number of nitrogens with one attached hydrogen (secondary N) is 1. The minimum atomic E-state index is 0.260. The smallest absolute Gasteiger partial charge is 0.0556 e. The Morgan fingerprint density at radius 1 is 1.20 bits per heavy atom. The van der Waals surface area contributed by atoms with Crippen LogP contribution in [0.1, 0.15) is 38.5 Å². The van der Waals surface area contributed by atoms with Crippen molar-refractivity contribution >= 4 is 0 Å². The molecule has 0 aliphatic heterocycles. The van der Waals surface area contributed by atoms with Gasteiger partial charge in [-0.2, -0.15) is 0 Å². The fourth-order valence-electron chi connectivity index (χ4n) is 2.84. The normalized spacial score (nSPS) is 32.2. The van der Waals surface area contributed by atoms with Gasteiger partial charge in [0.1, 0.15) is 0 Å². The molecule has 0 aromatic carbocycles. The summed E-state index contributed by atoms with van der Waals surface area (Å²) in [4.78, 5) is 2.58. The van der Waals surface area contributed by atoms with Crippen LogP contribution in [0.2, 0.25) is 0 Å². The van der Waals surface area contributed by atoms with Crippen molar-refractivity contribution in [2.75, 3.05) is 20.2 Å². The number of hydrogen-bond donors (Lipinski definition) is 2. The molecule has 2 unspecified atom stereocenters. The molecule has 0 spiro atoms. The lowest BCUT2D eigenvalue weighted by molar-refractivity contribution is 0.137. The van der Waals surface area contributed by atoms with E-state index in [1.165, 1.54) is 38.5 Å². The molecule has 15 heavy (non-hydrogen) atoms. The summed E-state index contributed by atoms with van der Waals surface area (Å²) in [5.41, 5.74) is 0. The zero-order chi connectivity index (χ0) is 10.7. The Kier molecular flexibility index (Phi) is 4.00. The number of hydrogen-bond acceptors (Lipinski definition) is 3. The van der Waals surface area contributed by atoms with Crippen LogP contribution in [0.15, 0.2) is 0 Å². The van der Waals surface area contributed by atoms with Gasteiger partial charge in [-0.25, -0.2) is 0 Å². The lowest BCUT2D eigenvalue weighted by atomic mass is 9.89. The summed E-state index contributed by atoms with van der Waals surface area (Å²) in [6.07, 6.45) is 8.11. The summed E-state index contributed by atoms with van der Waals surface area (Å²) >= 11 is 0. The Hall–Kier alpha value is -0.120. The summed E-state index contributed by atoms with van der Waals surface area (Å²) in [5, 5.41) is 12.4. The molecule has 0 bridgehead atoms. The van der Waals surface area contributed by atoms with Gasteiger partial charge in [0.2, 0.25) is 0 Å². The molecule has 0 aromatic heterocycles. The van der Waals surface area contributed by atoms with Crippen LogP contribution in [0.3, 0.4) is 0 Å². The molecule has 2 N–H and O–H groups in total. The average Bonchev–Trinajstić information content (AvgIpc) is 3.09. The van der Waals surface area contributed by atoms with Crippen LogP contribution >= 0.6 is 0 Å². The zero-order valence-electron chi connectivity index (χ0n) is 9.78. The van der Waals surface area contributed by atoms with Crippen molar-refractivity contribution in [3.8, 4) is 0 Å². The second-order valence-corrected chi connectivity index (χ2v) is 5.03. The van der Waals surface area contributed by atoms with Crippen molar-refractivity contribution in [3.63, 3.8) is 0 Å². The molecule has 2 fully saturated rings. The molecule has 2 atom stereocenters. The largest absolute Gasteiger partial charge is 0.395 e. The Morgan fingerprint density at radius 2 is 1.93 bits per heavy atom. The van der Waals surface area contributed by atoms with E-state index in [1.54, 1.807) is 0 Å². The molecule has 0 amide bonds. The molecule has 3 nitrogen and oxygen atoms in total. The Balaban J connectivity index is 1.86. The van der Waals surface area contributed by atoms with Crippen molar-refractivity contribution < 1.29 is 5.11 Å². The lowest BCUT2D eigenvalue weighted by Gasteiger charge is -2.38. The van der Waals surface area contributed by atoms with Gasteiger partial charge in [0.05, 0.1) is 6.61 Å². The van der Waals surface area contributed by atoms with Crippen LogP contribution in [0.5, 0.6) is 0 Å². The van der Waals surface area contributed by atoms with Crippen molar-refractivity contribution in [2.45, 2.75) is 56.7 Å². The van der Waals surface area contributed by atoms with E-state index in [1.807, 2.05) is 0 Å². The third-order valence-corrected chi connectivity index (χ3v) is 3.89. The van der Waals surface area contributed by atoms with Crippen LogP contribution in [-0.4, -0.2) is 48.3 Å². The highest BCUT2D eigenvalue weighted by Crippen LogP contribution is 2.32. The summed E-state index contributed by atoms with van der Waals surface area (Å²) in [6, 6.07) is 2.17. The van der Waals surface area contributed by atoms with Gasteiger partial charge in [0.25, 0.3) is 0 Å². The number of aliphatic hydroxyl groups excluding tert-OH is 1. The van der Waals surface area contributed by atoms with Gasteiger partial charge in [0, 0.05) is 24.7 Å². The van der Waals surface area contributed by atoms with Gasteiger partial charge in [-0.3, -0.25) is 4.90 Å². The summed E-state index contributed by atoms with van der Waals surface area (Å²) in [5.74, 6) is 0. The summed E-state index contributed by atoms with van der Waals surface area (Å²) < 4.78 is 0. The maximum atomic E-state index is 8.87. The van der Waals surface area contributed by atoms with Crippen molar-refractivity contribution in [1.29, 1.82) is 0 Å². The topological polar surface area (TPSA) is 35.5 Å². The van der Waals surface area contributed by atoms with Crippen LogP contribution in [0.25, 0.3) is 0 Å². The monoisotopic (exact) mass is 212 g/mol. The second-order valence-electron chi connectivity index (χ2n) is 5.03. The number of nitrogens with zero attached hydrogens (tertiary/aromatic N) is 1. The van der Waals surface area contributed by atoms with Gasteiger partial charge in [-0.05, 0) is 32.7 Å². The van der Waals surface area contributed by atoms with E-state index in [9.17, 15) is 0 Å². The first kappa shape index (κ1) is 11.4. The first-order chi connectivity index (χ1) is 7.33. The van der Waals surface area contributed by atoms with Crippen LogP contribution in [0, 0.1) is 0 Å². The molecule has 0 saturated heterocycles. The third-order valence-electron chi connectivity index (χ3n) is 3.89. The SMILES string of the molecule is CN(C1CC1)C1CCCCC1NCCO. The highest BCUT2D eigenvalue weighted by molar-refractivity contribution is 4.93. The fourth-order valence-corrected chi connectivity index (χ4v) is 2.84. The van der Waals surface area contributed by atoms with E-state index >= 15 is 0 Å². The minimum Gasteiger partial charge on any atom is -0.395 e. The standard InChI is InChI=1S/C12H24N2O/c1-14(10-6-7-10)12-5-3-2-4-11(12)13-8-9-15/h10-13,15H,2-9H2,1H3. The van der Waals surface area contributed by atoms with E-state index < -0.39 is 0 Å². The van der Waals surface area contributed by atoms with Gasteiger partial charge in [-0.1, -0.05) is 12.8 Å². The first-order valence-corrected chi connectivity index (χ1v) is 6.39. The lowest BCUT2D eigenvalue weighted by Crippen LogP contribution is -2.51. The summed E-state index contributed by atoms with van der Waals surface area (Å²) in [7, 11) is 2.28. The van der Waals surface area contributed by atoms with E-state index in [0.717, 1.165) is 12.6 Å². The fraction of sp³-hybridized carbons (Fsp3) is 1.00. The first-order valence-electron chi connectivity index (χ1n) is 6.39. The Bertz CT molecular complexity index is 194. The number of aliphatic hydroxyl groups is 1. The van der Waals surface area contributed by atoms with Gasteiger partial charge in [0.15, 0.2) is 0 Å². The average molecular weight is 212 g/mol. The Morgan fingerprint density at radius 3 is 2.60 bits per heavy atom. The van der Waals surface area contributed by atoms with E-state index in [2.05, 4.69) is 17.3 Å². The molecule has 88 valence electrons.